The highest BCUT2D eigenvalue weighted by molar-refractivity contribution is 6.60. The first-order valence-electron chi connectivity index (χ1n) is 11.2. The van der Waals surface area contributed by atoms with Crippen molar-refractivity contribution in [1.82, 2.24) is 0 Å². The molecule has 3 fully saturated rings. The van der Waals surface area contributed by atoms with Crippen LogP contribution in [0.3, 0.4) is 0 Å². The number of unbranched alkanes of at least 4 members (excludes halogenated alkanes) is 1. The second-order valence-electron chi connectivity index (χ2n) is 8.15. The van der Waals surface area contributed by atoms with Crippen LogP contribution in [0.2, 0.25) is 12.1 Å². The Balaban J connectivity index is 0.000000216. The zero-order chi connectivity index (χ0) is 21.8. The van der Waals surface area contributed by atoms with E-state index in [1.165, 1.54) is 19.3 Å². The molecule has 4 unspecified atom stereocenters. The lowest BCUT2D eigenvalue weighted by Gasteiger charge is -2.27. The molecular formula is C20H42O8Si2. The molecule has 0 aromatic heterocycles. The molecule has 1 aliphatic carbocycles. The summed E-state index contributed by atoms with van der Waals surface area (Å²) in [6, 6.07) is 1.98. The van der Waals surface area contributed by atoms with E-state index in [1.807, 2.05) is 0 Å². The van der Waals surface area contributed by atoms with Gasteiger partial charge in [0.25, 0.3) is 0 Å². The fourth-order valence-corrected chi connectivity index (χ4v) is 7.07. The van der Waals surface area contributed by atoms with Gasteiger partial charge < -0.3 is 36.3 Å². The van der Waals surface area contributed by atoms with Gasteiger partial charge in [-0.2, -0.15) is 0 Å². The van der Waals surface area contributed by atoms with Gasteiger partial charge in [0.1, 0.15) is 6.10 Å². The van der Waals surface area contributed by atoms with Crippen LogP contribution >= 0.6 is 0 Å². The first-order valence-corrected chi connectivity index (χ1v) is 14.8. The third kappa shape index (κ3) is 9.72. The van der Waals surface area contributed by atoms with E-state index < -0.39 is 18.1 Å². The smallest absolute Gasteiger partial charge is 0.400 e. The third-order valence-electron chi connectivity index (χ3n) is 6.11. The highest BCUT2D eigenvalue weighted by atomic mass is 28.4. The minimum Gasteiger partial charge on any atom is -0.400 e. The summed E-state index contributed by atoms with van der Waals surface area (Å²) in [4.78, 5) is 0. The molecule has 0 bridgehead atoms. The summed E-state index contributed by atoms with van der Waals surface area (Å²) >= 11 is 0. The topological polar surface area (TPSA) is 80.4 Å². The number of hydrogen-bond acceptors (Lipinski definition) is 8. The molecule has 178 valence electrons. The fourth-order valence-electron chi connectivity index (χ4n) is 3.91. The zero-order valence-corrected chi connectivity index (χ0v) is 21.6. The van der Waals surface area contributed by atoms with Gasteiger partial charge in [-0.15, -0.1) is 0 Å². The third-order valence-corrected chi connectivity index (χ3v) is 10.8. The standard InChI is InChI=1S/C11H22O4Si.C9H20O4Si/c1-12-16(13-2,14-3)7-6-9-4-5-10-11(8-9)15-10;1-10-14(11-2)6-4-3-5-12-7-9-8-13-9/h9-11H,4-8H2,1-3H3;9,14H,3-8H2,1-2H3. The van der Waals surface area contributed by atoms with E-state index in [1.54, 1.807) is 35.5 Å². The fraction of sp³-hybridized carbons (Fsp3) is 1.00. The predicted molar refractivity (Wildman–Crippen MR) is 118 cm³/mol. The van der Waals surface area contributed by atoms with E-state index >= 15 is 0 Å². The number of ether oxygens (including phenoxy) is 3. The maximum Gasteiger partial charge on any atom is 0.500 e. The van der Waals surface area contributed by atoms with Crippen molar-refractivity contribution in [1.29, 1.82) is 0 Å². The Bertz CT molecular complexity index is 438. The molecular weight excluding hydrogens is 424 g/mol. The molecule has 0 aromatic carbocycles. The molecule has 2 heterocycles. The van der Waals surface area contributed by atoms with E-state index in [4.69, 9.17) is 36.3 Å². The zero-order valence-electron chi connectivity index (χ0n) is 19.4. The van der Waals surface area contributed by atoms with Gasteiger partial charge in [0.15, 0.2) is 0 Å². The highest BCUT2D eigenvalue weighted by Crippen LogP contribution is 2.41. The number of rotatable bonds is 15. The molecule has 0 spiro atoms. The molecule has 1 saturated carbocycles. The number of hydrogen-bond donors (Lipinski definition) is 0. The largest absolute Gasteiger partial charge is 0.500 e. The number of fused-ring (bicyclic) bond motifs is 1. The van der Waals surface area contributed by atoms with E-state index in [0.717, 1.165) is 57.1 Å². The average molecular weight is 467 g/mol. The second-order valence-corrected chi connectivity index (χ2v) is 13.6. The monoisotopic (exact) mass is 466 g/mol. The Morgan fingerprint density at radius 1 is 0.933 bits per heavy atom. The molecule has 2 saturated heterocycles. The summed E-state index contributed by atoms with van der Waals surface area (Å²) in [6.07, 6.45) is 8.61. The molecule has 0 N–H and O–H groups in total. The molecule has 3 rings (SSSR count). The van der Waals surface area contributed by atoms with Crippen LogP contribution in [0.1, 0.15) is 38.5 Å². The van der Waals surface area contributed by atoms with Gasteiger partial charge in [-0.05, 0) is 50.5 Å². The Morgan fingerprint density at radius 2 is 1.63 bits per heavy atom. The van der Waals surface area contributed by atoms with Crippen LogP contribution in [0.25, 0.3) is 0 Å². The maximum absolute atomic E-state index is 5.54. The number of epoxide rings is 2. The van der Waals surface area contributed by atoms with Gasteiger partial charge >= 0.3 is 18.1 Å². The lowest BCUT2D eigenvalue weighted by molar-refractivity contribution is 0.113. The molecule has 0 aromatic rings. The van der Waals surface area contributed by atoms with Crippen molar-refractivity contribution in [2.24, 2.45) is 5.92 Å². The molecule has 4 atom stereocenters. The first-order chi connectivity index (χ1) is 14.6. The van der Waals surface area contributed by atoms with Crippen molar-refractivity contribution < 1.29 is 36.3 Å². The van der Waals surface area contributed by atoms with Crippen LogP contribution in [-0.4, -0.2) is 91.8 Å². The van der Waals surface area contributed by atoms with Crippen LogP contribution < -0.4 is 0 Å². The molecule has 10 heteroatoms. The van der Waals surface area contributed by atoms with Crippen LogP contribution in [0.15, 0.2) is 0 Å². The van der Waals surface area contributed by atoms with Crippen LogP contribution in [0, 0.1) is 5.92 Å². The molecule has 0 radical (unpaired) electrons. The van der Waals surface area contributed by atoms with E-state index in [0.29, 0.717) is 18.3 Å². The molecule has 2 aliphatic heterocycles. The van der Waals surface area contributed by atoms with Crippen molar-refractivity contribution in [3.8, 4) is 0 Å². The van der Waals surface area contributed by atoms with Crippen LogP contribution in [0.4, 0.5) is 0 Å². The maximum atomic E-state index is 5.54. The quantitative estimate of drug-likeness (QED) is 0.207. The second kappa shape index (κ2) is 14.3. The summed E-state index contributed by atoms with van der Waals surface area (Å²) in [5.74, 6) is 0.760. The first kappa shape index (κ1) is 26.4. The summed E-state index contributed by atoms with van der Waals surface area (Å²) in [5.41, 5.74) is 0. The lowest BCUT2D eigenvalue weighted by Crippen LogP contribution is -2.43. The van der Waals surface area contributed by atoms with Crippen molar-refractivity contribution in [3.63, 3.8) is 0 Å². The highest BCUT2D eigenvalue weighted by Gasteiger charge is 2.45. The normalized spacial score (nSPS) is 27.4. The molecule has 30 heavy (non-hydrogen) atoms. The van der Waals surface area contributed by atoms with Crippen molar-refractivity contribution in [2.75, 3.05) is 55.4 Å². The molecule has 3 aliphatic rings. The van der Waals surface area contributed by atoms with Crippen molar-refractivity contribution >= 4 is 18.1 Å². The van der Waals surface area contributed by atoms with Gasteiger partial charge in [-0.3, -0.25) is 0 Å². The van der Waals surface area contributed by atoms with Crippen molar-refractivity contribution in [2.45, 2.75) is 68.9 Å². The summed E-state index contributed by atoms with van der Waals surface area (Å²) < 4.78 is 42.7. The van der Waals surface area contributed by atoms with Crippen LogP contribution in [-0.2, 0) is 36.3 Å². The minimum atomic E-state index is -2.35. The van der Waals surface area contributed by atoms with Gasteiger partial charge in [-0.25, -0.2) is 0 Å². The average Bonchev–Trinajstić information content (AvgIpc) is 3.70. The summed E-state index contributed by atoms with van der Waals surface area (Å²) in [5, 5.41) is 0. The Kier molecular flexibility index (Phi) is 12.6. The Hall–Kier alpha value is 0.114. The van der Waals surface area contributed by atoms with E-state index in [9.17, 15) is 0 Å². The van der Waals surface area contributed by atoms with E-state index in [-0.39, 0.29) is 0 Å². The summed E-state index contributed by atoms with van der Waals surface area (Å²) in [7, 11) is 4.81. The minimum absolute atomic E-state index is 0.384. The predicted octanol–water partition coefficient (Wildman–Crippen LogP) is 2.52. The van der Waals surface area contributed by atoms with Crippen LogP contribution in [0.5, 0.6) is 0 Å². The van der Waals surface area contributed by atoms with Gasteiger partial charge in [0, 0.05) is 48.2 Å². The van der Waals surface area contributed by atoms with Gasteiger partial charge in [0.2, 0.25) is 0 Å². The molecule has 0 amide bonds. The Morgan fingerprint density at radius 3 is 2.20 bits per heavy atom. The van der Waals surface area contributed by atoms with Gasteiger partial charge in [-0.1, -0.05) is 0 Å². The van der Waals surface area contributed by atoms with E-state index in [2.05, 4.69) is 0 Å². The van der Waals surface area contributed by atoms with Crippen molar-refractivity contribution in [3.05, 3.63) is 0 Å². The molecule has 8 nitrogen and oxygen atoms in total. The summed E-state index contributed by atoms with van der Waals surface area (Å²) in [6.45, 7) is 2.46. The Labute approximate surface area is 185 Å². The lowest BCUT2D eigenvalue weighted by atomic mass is 9.88. The van der Waals surface area contributed by atoms with Gasteiger partial charge in [0.05, 0.1) is 25.4 Å². The SMILES string of the molecule is CO[SiH](CCCCOCC1CO1)OC.CO[Si](CCC1CCC2OC2C1)(OC)OC.